The molecule has 6 heteroatoms. The number of hydrogen-bond donors (Lipinski definition) is 1. The first-order chi connectivity index (χ1) is 8.00. The van der Waals surface area contributed by atoms with Crippen molar-refractivity contribution in [1.82, 2.24) is 0 Å². The standard InChI is InChI=1S/C9H7NO3.C2H4O2/c11-10(12)8-5-7-3-1-2-4-9(7)13-6-8;1-2(3)4/h1-5H,6H2;1H3,(H,3,4). The fourth-order valence-electron chi connectivity index (χ4n) is 1.21. The van der Waals surface area contributed by atoms with Gasteiger partial charge in [0, 0.05) is 18.6 Å². The van der Waals surface area contributed by atoms with Gasteiger partial charge in [-0.3, -0.25) is 14.9 Å². The Labute approximate surface area is 97.3 Å². The normalized spacial score (nSPS) is 12.2. The summed E-state index contributed by atoms with van der Waals surface area (Å²) in [5, 5.41) is 17.8. The van der Waals surface area contributed by atoms with Crippen molar-refractivity contribution in [2.45, 2.75) is 6.92 Å². The lowest BCUT2D eigenvalue weighted by Gasteiger charge is -2.12. The molecular weight excluding hydrogens is 226 g/mol. The van der Waals surface area contributed by atoms with Gasteiger partial charge < -0.3 is 9.84 Å². The summed E-state index contributed by atoms with van der Waals surface area (Å²) < 4.78 is 5.19. The highest BCUT2D eigenvalue weighted by atomic mass is 16.6. The summed E-state index contributed by atoms with van der Waals surface area (Å²) >= 11 is 0. The highest BCUT2D eigenvalue weighted by molar-refractivity contribution is 5.63. The summed E-state index contributed by atoms with van der Waals surface area (Å²) in [6.07, 6.45) is 1.54. The summed E-state index contributed by atoms with van der Waals surface area (Å²) in [6.45, 7) is 1.13. The molecule has 0 fully saturated rings. The minimum atomic E-state index is -0.833. The monoisotopic (exact) mass is 237 g/mol. The van der Waals surface area contributed by atoms with Crippen LogP contribution in [-0.4, -0.2) is 22.6 Å². The maximum atomic E-state index is 10.4. The molecule has 0 bridgehead atoms. The van der Waals surface area contributed by atoms with Gasteiger partial charge in [-0.15, -0.1) is 0 Å². The molecule has 6 nitrogen and oxygen atoms in total. The molecule has 1 heterocycles. The van der Waals surface area contributed by atoms with Crippen LogP contribution in [0, 0.1) is 10.1 Å². The molecule has 1 aromatic carbocycles. The van der Waals surface area contributed by atoms with Crippen molar-refractivity contribution >= 4 is 12.0 Å². The average molecular weight is 237 g/mol. The van der Waals surface area contributed by atoms with Gasteiger partial charge in [0.15, 0.2) is 6.61 Å². The number of carbonyl (C=O) groups is 1. The number of para-hydroxylation sites is 1. The first kappa shape index (κ1) is 12.7. The lowest BCUT2D eigenvalue weighted by Crippen LogP contribution is -2.13. The Morgan fingerprint density at radius 1 is 1.47 bits per heavy atom. The van der Waals surface area contributed by atoms with E-state index in [2.05, 4.69) is 0 Å². The Morgan fingerprint density at radius 2 is 2.06 bits per heavy atom. The molecule has 90 valence electrons. The molecule has 0 amide bonds. The van der Waals surface area contributed by atoms with Gasteiger partial charge in [-0.05, 0) is 6.07 Å². The van der Waals surface area contributed by atoms with Crippen LogP contribution in [0.2, 0.25) is 0 Å². The number of nitro groups is 1. The van der Waals surface area contributed by atoms with Crippen molar-refractivity contribution in [3.8, 4) is 5.75 Å². The van der Waals surface area contributed by atoms with Crippen molar-refractivity contribution in [2.75, 3.05) is 6.61 Å². The molecule has 1 aromatic rings. The van der Waals surface area contributed by atoms with E-state index in [1.807, 2.05) is 12.1 Å². The highest BCUT2D eigenvalue weighted by Gasteiger charge is 2.18. The number of ether oxygens (including phenoxy) is 1. The smallest absolute Gasteiger partial charge is 0.300 e. The molecule has 17 heavy (non-hydrogen) atoms. The van der Waals surface area contributed by atoms with Crippen molar-refractivity contribution < 1.29 is 19.6 Å². The summed E-state index contributed by atoms with van der Waals surface area (Å²) in [5.41, 5.74) is 0.860. The summed E-state index contributed by atoms with van der Waals surface area (Å²) in [5.74, 6) is -0.131. The zero-order valence-electron chi connectivity index (χ0n) is 9.12. The van der Waals surface area contributed by atoms with Crippen LogP contribution in [0.1, 0.15) is 12.5 Å². The molecule has 0 saturated carbocycles. The number of carboxylic acids is 1. The van der Waals surface area contributed by atoms with Crippen LogP contribution >= 0.6 is 0 Å². The zero-order valence-corrected chi connectivity index (χ0v) is 9.12. The van der Waals surface area contributed by atoms with Crippen LogP contribution in [0.4, 0.5) is 0 Å². The van der Waals surface area contributed by atoms with E-state index in [0.717, 1.165) is 12.5 Å². The topological polar surface area (TPSA) is 89.7 Å². The van der Waals surface area contributed by atoms with E-state index >= 15 is 0 Å². The molecule has 0 unspecified atom stereocenters. The molecule has 0 spiro atoms. The number of carboxylic acid groups (broad SMARTS) is 1. The van der Waals surface area contributed by atoms with Crippen molar-refractivity contribution in [2.24, 2.45) is 0 Å². The molecule has 2 rings (SSSR count). The van der Waals surface area contributed by atoms with E-state index in [9.17, 15) is 10.1 Å². The number of nitrogens with zero attached hydrogens (tertiary/aromatic N) is 1. The summed E-state index contributed by atoms with van der Waals surface area (Å²) in [7, 11) is 0. The van der Waals surface area contributed by atoms with Crippen LogP contribution in [0.5, 0.6) is 5.75 Å². The predicted octanol–water partition coefficient (Wildman–Crippen LogP) is 1.79. The molecule has 1 aliphatic heterocycles. The summed E-state index contributed by atoms with van der Waals surface area (Å²) in [6, 6.07) is 7.24. The third-order valence-electron chi connectivity index (χ3n) is 1.85. The Bertz CT molecular complexity index is 463. The van der Waals surface area contributed by atoms with Crippen molar-refractivity contribution in [3.63, 3.8) is 0 Å². The van der Waals surface area contributed by atoms with E-state index in [1.54, 1.807) is 18.2 Å². The fraction of sp³-hybridized carbons (Fsp3) is 0.182. The van der Waals surface area contributed by atoms with E-state index in [0.29, 0.717) is 5.75 Å². The second-order valence-corrected chi connectivity index (χ2v) is 3.24. The lowest BCUT2D eigenvalue weighted by atomic mass is 10.1. The van der Waals surface area contributed by atoms with Crippen LogP contribution in [0.3, 0.4) is 0 Å². The van der Waals surface area contributed by atoms with Crippen molar-refractivity contribution in [1.29, 1.82) is 0 Å². The van der Waals surface area contributed by atoms with E-state index in [-0.39, 0.29) is 12.3 Å². The number of aliphatic carboxylic acids is 1. The van der Waals surface area contributed by atoms with E-state index in [1.165, 1.54) is 0 Å². The molecule has 0 aromatic heterocycles. The van der Waals surface area contributed by atoms with Gasteiger partial charge in [0.05, 0.1) is 4.92 Å². The number of rotatable bonds is 1. The number of fused-ring (bicyclic) bond motifs is 1. The van der Waals surface area contributed by atoms with E-state index in [4.69, 9.17) is 14.6 Å². The minimum Gasteiger partial charge on any atom is -0.482 e. The molecule has 1 N–H and O–H groups in total. The second kappa shape index (κ2) is 5.64. The lowest BCUT2D eigenvalue weighted by molar-refractivity contribution is -0.427. The third-order valence-corrected chi connectivity index (χ3v) is 1.85. The zero-order chi connectivity index (χ0) is 12.8. The Hall–Kier alpha value is -2.37. The molecular formula is C11H11NO5. The van der Waals surface area contributed by atoms with Crippen molar-refractivity contribution in [3.05, 3.63) is 45.6 Å². The largest absolute Gasteiger partial charge is 0.482 e. The maximum absolute atomic E-state index is 10.4. The molecule has 0 atom stereocenters. The number of benzene rings is 1. The Balaban J connectivity index is 0.000000317. The molecule has 0 radical (unpaired) electrons. The maximum Gasteiger partial charge on any atom is 0.300 e. The number of hydrogen-bond acceptors (Lipinski definition) is 4. The van der Waals surface area contributed by atoms with Gasteiger partial charge in [0.2, 0.25) is 0 Å². The third kappa shape index (κ3) is 3.94. The first-order valence-corrected chi connectivity index (χ1v) is 4.77. The highest BCUT2D eigenvalue weighted by Crippen LogP contribution is 2.25. The van der Waals surface area contributed by atoms with Gasteiger partial charge in [0.25, 0.3) is 11.7 Å². The molecule has 1 aliphatic rings. The van der Waals surface area contributed by atoms with Gasteiger partial charge in [-0.25, -0.2) is 0 Å². The van der Waals surface area contributed by atoms with Crippen LogP contribution in [0.15, 0.2) is 30.0 Å². The van der Waals surface area contributed by atoms with Crippen LogP contribution in [0.25, 0.3) is 6.08 Å². The van der Waals surface area contributed by atoms with Gasteiger partial charge >= 0.3 is 0 Å². The van der Waals surface area contributed by atoms with Gasteiger partial charge in [-0.1, -0.05) is 18.2 Å². The quantitative estimate of drug-likeness (QED) is 0.594. The first-order valence-electron chi connectivity index (χ1n) is 4.77. The van der Waals surface area contributed by atoms with Crippen LogP contribution < -0.4 is 4.74 Å². The average Bonchev–Trinajstić information content (AvgIpc) is 2.27. The van der Waals surface area contributed by atoms with Gasteiger partial charge in [-0.2, -0.15) is 0 Å². The Kier molecular flexibility index (Phi) is 4.21. The van der Waals surface area contributed by atoms with E-state index < -0.39 is 10.9 Å². The predicted molar refractivity (Wildman–Crippen MR) is 60.2 cm³/mol. The molecule has 0 aliphatic carbocycles. The van der Waals surface area contributed by atoms with Gasteiger partial charge in [0.1, 0.15) is 5.75 Å². The summed E-state index contributed by atoms with van der Waals surface area (Å²) in [4.78, 5) is 19.0. The fourth-order valence-corrected chi connectivity index (χ4v) is 1.21. The van der Waals surface area contributed by atoms with Crippen LogP contribution in [-0.2, 0) is 4.79 Å². The SMILES string of the molecule is CC(=O)O.O=[N+]([O-])C1=Cc2ccccc2OC1. The Morgan fingerprint density at radius 3 is 2.65 bits per heavy atom. The second-order valence-electron chi connectivity index (χ2n) is 3.24. The minimum absolute atomic E-state index is 0.0456. The molecule has 0 saturated heterocycles.